The molecule has 9 heteroatoms. The van der Waals surface area contributed by atoms with Crippen LogP contribution in [0.25, 0.3) is 0 Å². The van der Waals surface area contributed by atoms with Crippen molar-refractivity contribution >= 4 is 17.5 Å². The van der Waals surface area contributed by atoms with Crippen LogP contribution >= 0.6 is 0 Å². The Morgan fingerprint density at radius 3 is 2.67 bits per heavy atom. The first-order valence-electron chi connectivity index (χ1n) is 9.58. The summed E-state index contributed by atoms with van der Waals surface area (Å²) < 4.78 is 39.7. The lowest BCUT2D eigenvalue weighted by atomic mass is 10.00. The van der Waals surface area contributed by atoms with Crippen molar-refractivity contribution in [3.05, 3.63) is 60.4 Å². The number of anilines is 1. The minimum Gasteiger partial charge on any atom is -0.376 e. The number of carbonyl (C=O) groups is 2. The lowest BCUT2D eigenvalue weighted by Gasteiger charge is -2.45. The third kappa shape index (κ3) is 4.17. The number of ether oxygens (including phenoxy) is 2. The second-order valence-corrected chi connectivity index (χ2v) is 7.43. The van der Waals surface area contributed by atoms with Gasteiger partial charge in [-0.2, -0.15) is 8.78 Å². The van der Waals surface area contributed by atoms with Gasteiger partial charge in [0, 0.05) is 24.6 Å². The van der Waals surface area contributed by atoms with Crippen LogP contribution in [0.2, 0.25) is 0 Å². The number of morpholine rings is 1. The molecule has 4 rings (SSSR count). The van der Waals surface area contributed by atoms with Gasteiger partial charge in [-0.15, -0.1) is 0 Å². The topological polar surface area (TPSA) is 72.0 Å². The molecule has 0 bridgehead atoms. The summed E-state index contributed by atoms with van der Waals surface area (Å²) >= 11 is 0. The number of halogens is 2. The summed E-state index contributed by atoms with van der Waals surface area (Å²) in [5.74, 6) is -1.68. The van der Waals surface area contributed by atoms with Crippen molar-refractivity contribution in [2.75, 3.05) is 37.7 Å². The lowest BCUT2D eigenvalue weighted by molar-refractivity contribution is -0.293. The van der Waals surface area contributed by atoms with Gasteiger partial charge in [-0.3, -0.25) is 19.3 Å². The molecule has 30 heavy (non-hydrogen) atoms. The van der Waals surface area contributed by atoms with Gasteiger partial charge in [-0.1, -0.05) is 24.3 Å². The van der Waals surface area contributed by atoms with E-state index < -0.39 is 17.6 Å². The van der Waals surface area contributed by atoms with Crippen molar-refractivity contribution in [3.8, 4) is 0 Å². The van der Waals surface area contributed by atoms with Crippen LogP contribution in [0.15, 0.2) is 54.9 Å². The molecule has 0 saturated carbocycles. The van der Waals surface area contributed by atoms with Gasteiger partial charge in [0.1, 0.15) is 5.60 Å². The maximum Gasteiger partial charge on any atom is 0.437 e. The highest BCUT2D eigenvalue weighted by molar-refractivity contribution is 5.98. The van der Waals surface area contributed by atoms with Gasteiger partial charge in [-0.05, 0) is 23.8 Å². The lowest BCUT2D eigenvalue weighted by Crippen LogP contribution is -2.66. The van der Waals surface area contributed by atoms with E-state index in [-0.39, 0.29) is 45.2 Å². The molecule has 3 heterocycles. The fraction of sp³-hybridized carbons (Fsp3) is 0.381. The molecule has 1 unspecified atom stereocenters. The molecule has 1 spiro atoms. The van der Waals surface area contributed by atoms with Crippen molar-refractivity contribution < 1.29 is 27.8 Å². The van der Waals surface area contributed by atoms with E-state index in [1.165, 1.54) is 4.90 Å². The zero-order valence-electron chi connectivity index (χ0n) is 16.2. The average molecular weight is 417 g/mol. The Morgan fingerprint density at radius 2 is 1.93 bits per heavy atom. The highest BCUT2D eigenvalue weighted by Gasteiger charge is 2.58. The first kappa shape index (κ1) is 20.4. The van der Waals surface area contributed by atoms with E-state index in [0.717, 1.165) is 10.5 Å². The van der Waals surface area contributed by atoms with E-state index in [9.17, 15) is 18.4 Å². The van der Waals surface area contributed by atoms with Gasteiger partial charge in [0.05, 0.1) is 32.7 Å². The summed E-state index contributed by atoms with van der Waals surface area (Å²) in [6, 6.07) is 11.7. The van der Waals surface area contributed by atoms with Crippen LogP contribution in [-0.2, 0) is 25.5 Å². The van der Waals surface area contributed by atoms with Crippen LogP contribution < -0.4 is 4.90 Å². The molecule has 0 radical (unpaired) electrons. The van der Waals surface area contributed by atoms with Crippen molar-refractivity contribution in [3.63, 3.8) is 0 Å². The number of para-hydroxylation sites is 1. The molecule has 2 aliphatic heterocycles. The normalized spacial score (nSPS) is 24.0. The average Bonchev–Trinajstić information content (AvgIpc) is 2.94. The van der Waals surface area contributed by atoms with Gasteiger partial charge in [0.25, 0.3) is 0 Å². The summed E-state index contributed by atoms with van der Waals surface area (Å²) in [5, 5.41) is 0. The minimum atomic E-state index is -4.03. The first-order valence-corrected chi connectivity index (χ1v) is 9.58. The quantitative estimate of drug-likeness (QED) is 0.763. The highest BCUT2D eigenvalue weighted by Crippen LogP contribution is 2.36. The molecule has 1 aromatic carbocycles. The number of rotatable bonds is 3. The Balaban J connectivity index is 1.59. The third-order valence-corrected chi connectivity index (χ3v) is 5.13. The molecule has 2 saturated heterocycles. The number of hydrogen-bond donors (Lipinski definition) is 0. The SMILES string of the molecule is O=C(Cc1cccnc1)N1CCOCC2(C1)CN(c1ccccc1)C(=O)C(F)(F)O2. The second-order valence-electron chi connectivity index (χ2n) is 7.43. The maximum atomic E-state index is 14.6. The number of hydrogen-bond acceptors (Lipinski definition) is 5. The van der Waals surface area contributed by atoms with Gasteiger partial charge in [0.15, 0.2) is 0 Å². The van der Waals surface area contributed by atoms with E-state index in [2.05, 4.69) is 4.98 Å². The minimum absolute atomic E-state index is 0.0850. The summed E-state index contributed by atoms with van der Waals surface area (Å²) in [6.45, 7) is 0.0140. The molecule has 1 atom stereocenters. The molecular formula is C21H21F2N3O4. The van der Waals surface area contributed by atoms with Crippen molar-refractivity contribution in [1.82, 2.24) is 9.88 Å². The van der Waals surface area contributed by atoms with E-state index in [1.807, 2.05) is 0 Å². The number of aromatic nitrogens is 1. The molecule has 2 aliphatic rings. The fourth-order valence-corrected chi connectivity index (χ4v) is 3.75. The Hall–Kier alpha value is -2.91. The van der Waals surface area contributed by atoms with E-state index >= 15 is 0 Å². The van der Waals surface area contributed by atoms with Crippen molar-refractivity contribution in [2.24, 2.45) is 0 Å². The van der Waals surface area contributed by atoms with Crippen LogP contribution in [0.4, 0.5) is 14.5 Å². The summed E-state index contributed by atoms with van der Waals surface area (Å²) in [6.07, 6.45) is -0.750. The van der Waals surface area contributed by atoms with E-state index in [4.69, 9.17) is 9.47 Å². The van der Waals surface area contributed by atoms with Crippen LogP contribution in [0.5, 0.6) is 0 Å². The molecule has 2 fully saturated rings. The predicted octanol–water partition coefficient (Wildman–Crippen LogP) is 1.88. The first-order chi connectivity index (χ1) is 14.4. The molecule has 2 aromatic rings. The molecule has 7 nitrogen and oxygen atoms in total. The largest absolute Gasteiger partial charge is 0.437 e. The maximum absolute atomic E-state index is 14.6. The number of benzene rings is 1. The molecule has 1 aromatic heterocycles. The second kappa shape index (κ2) is 8.08. The Bertz CT molecular complexity index is 913. The molecule has 0 N–H and O–H groups in total. The Labute approximate surface area is 172 Å². The molecular weight excluding hydrogens is 396 g/mol. The van der Waals surface area contributed by atoms with Crippen LogP contribution in [0, 0.1) is 0 Å². The van der Waals surface area contributed by atoms with Crippen LogP contribution in [0.1, 0.15) is 5.56 Å². The van der Waals surface area contributed by atoms with E-state index in [0.29, 0.717) is 5.69 Å². The standard InChI is InChI=1S/C21H21F2N3O4/c22-21(23)19(28)26(17-6-2-1-3-7-17)14-20(30-21)13-25(9-10-29-15-20)18(27)11-16-5-4-8-24-12-16/h1-8,12H,9-11,13-15H2. The number of carbonyl (C=O) groups excluding carboxylic acids is 2. The number of nitrogens with zero attached hydrogens (tertiary/aromatic N) is 3. The summed E-state index contributed by atoms with van der Waals surface area (Å²) in [7, 11) is 0. The zero-order chi connectivity index (χ0) is 21.2. The van der Waals surface area contributed by atoms with Gasteiger partial charge < -0.3 is 14.5 Å². The number of amides is 2. The van der Waals surface area contributed by atoms with Crippen molar-refractivity contribution in [2.45, 2.75) is 18.1 Å². The number of pyridine rings is 1. The van der Waals surface area contributed by atoms with Crippen LogP contribution in [-0.4, -0.2) is 66.3 Å². The predicted molar refractivity (Wildman–Crippen MR) is 103 cm³/mol. The highest BCUT2D eigenvalue weighted by atomic mass is 19.3. The monoisotopic (exact) mass is 417 g/mol. The number of alkyl halides is 2. The Kier molecular flexibility index (Phi) is 5.48. The van der Waals surface area contributed by atoms with Crippen molar-refractivity contribution in [1.29, 1.82) is 0 Å². The smallest absolute Gasteiger partial charge is 0.376 e. The van der Waals surface area contributed by atoms with Gasteiger partial charge >= 0.3 is 12.0 Å². The van der Waals surface area contributed by atoms with Crippen LogP contribution in [0.3, 0.4) is 0 Å². The summed E-state index contributed by atoms with van der Waals surface area (Å²) in [4.78, 5) is 31.6. The fourth-order valence-electron chi connectivity index (χ4n) is 3.75. The molecule has 2 amide bonds. The molecule has 0 aliphatic carbocycles. The third-order valence-electron chi connectivity index (χ3n) is 5.13. The van der Waals surface area contributed by atoms with E-state index in [1.54, 1.807) is 54.9 Å². The zero-order valence-corrected chi connectivity index (χ0v) is 16.2. The molecule has 158 valence electrons. The van der Waals surface area contributed by atoms with Gasteiger partial charge in [0.2, 0.25) is 5.91 Å². The van der Waals surface area contributed by atoms with Gasteiger partial charge in [-0.25, -0.2) is 0 Å². The summed E-state index contributed by atoms with van der Waals surface area (Å²) in [5.41, 5.74) is -0.492. The Morgan fingerprint density at radius 1 is 1.13 bits per heavy atom.